The fourth-order valence-electron chi connectivity index (χ4n) is 0.697. The van der Waals surface area contributed by atoms with Crippen LogP contribution in [-0.4, -0.2) is 22.9 Å². The Morgan fingerprint density at radius 3 is 2.82 bits per heavy atom. The van der Waals surface area contributed by atoms with Gasteiger partial charge in [-0.25, -0.2) is 4.79 Å². The van der Waals surface area contributed by atoms with Gasteiger partial charge in [-0.15, -0.1) is 0 Å². The van der Waals surface area contributed by atoms with Crippen molar-refractivity contribution in [2.24, 2.45) is 0 Å². The van der Waals surface area contributed by atoms with Gasteiger partial charge in [-0.1, -0.05) is 0 Å². The lowest BCUT2D eigenvalue weighted by atomic mass is 10.1. The van der Waals surface area contributed by atoms with Crippen LogP contribution in [0.4, 0.5) is 0 Å². The molecule has 60 valence electrons. The quantitative estimate of drug-likeness (QED) is 0.537. The molecule has 0 unspecified atom stereocenters. The monoisotopic (exact) mass is 157 g/mol. The van der Waals surface area contributed by atoms with E-state index in [9.17, 15) is 9.59 Å². The van der Waals surface area contributed by atoms with Gasteiger partial charge in [0.25, 0.3) is 0 Å². The van der Waals surface area contributed by atoms with Crippen LogP contribution >= 0.6 is 0 Å². The minimum atomic E-state index is -1.41. The van der Waals surface area contributed by atoms with Gasteiger partial charge in [-0.3, -0.25) is 4.79 Å². The lowest BCUT2D eigenvalue weighted by Gasteiger charge is -2.02. The number of carbonyl (C=O) groups is 2. The van der Waals surface area contributed by atoms with Crippen molar-refractivity contribution in [3.63, 3.8) is 0 Å². The normalized spacial score (nSPS) is 21.3. The van der Waals surface area contributed by atoms with Gasteiger partial charge in [0.1, 0.15) is 6.26 Å². The highest BCUT2D eigenvalue weighted by atomic mass is 16.6. The van der Waals surface area contributed by atoms with Gasteiger partial charge in [0.05, 0.1) is 6.04 Å². The first-order chi connectivity index (χ1) is 5.20. The summed E-state index contributed by atoms with van der Waals surface area (Å²) in [5, 5.41) is 8.20. The molecule has 1 aliphatic heterocycles. The summed E-state index contributed by atoms with van der Waals surface area (Å²) in [6.45, 7) is 0. The largest absolute Gasteiger partial charge is 0.476 e. The number of Topliss-reactive ketones (excluding diaryl/α,β-unsaturated/α-hetero) is 1. The summed E-state index contributed by atoms with van der Waals surface area (Å²) in [4.78, 5) is 25.2. The Balaban J connectivity index is 2.36. The molecule has 0 aromatic heterocycles. The van der Waals surface area contributed by atoms with Crippen LogP contribution in [0.2, 0.25) is 0 Å². The van der Waals surface area contributed by atoms with E-state index in [1.165, 1.54) is 6.26 Å². The lowest BCUT2D eigenvalue weighted by Crippen LogP contribution is -2.27. The molecule has 0 fully saturated rings. The molecule has 2 N–H and O–H groups in total. The molecule has 5 heteroatoms. The molecule has 0 amide bonds. The van der Waals surface area contributed by atoms with E-state index >= 15 is 0 Å². The highest BCUT2D eigenvalue weighted by molar-refractivity contribution is 6.32. The Morgan fingerprint density at radius 1 is 1.64 bits per heavy atom. The van der Waals surface area contributed by atoms with Crippen LogP contribution in [0, 0.1) is 0 Å². The van der Waals surface area contributed by atoms with Gasteiger partial charge < -0.3 is 9.94 Å². The number of aliphatic carboxylic acids is 1. The summed E-state index contributed by atoms with van der Waals surface area (Å²) in [5.74, 6) is -2.23. The average Bonchev–Trinajstić information content (AvgIpc) is 2.39. The smallest absolute Gasteiger partial charge is 0.372 e. The van der Waals surface area contributed by atoms with Crippen molar-refractivity contribution in [3.05, 3.63) is 12.3 Å². The lowest BCUT2D eigenvalue weighted by molar-refractivity contribution is -0.149. The highest BCUT2D eigenvalue weighted by Gasteiger charge is 2.19. The zero-order chi connectivity index (χ0) is 8.27. The van der Waals surface area contributed by atoms with Gasteiger partial charge in [0, 0.05) is 6.42 Å². The van der Waals surface area contributed by atoms with E-state index in [1.807, 2.05) is 0 Å². The first-order valence-corrected chi connectivity index (χ1v) is 3.04. The molecular weight excluding hydrogens is 150 g/mol. The third-order valence-electron chi connectivity index (χ3n) is 1.24. The standard InChI is InChI=1S/C6H7NO4/c8-5(6(9)10)3-4-1-2-11-7-4/h1-2,4,7H,3H2,(H,9,10)/t4-/m1/s1. The van der Waals surface area contributed by atoms with Crippen LogP contribution in [-0.2, 0) is 14.4 Å². The van der Waals surface area contributed by atoms with E-state index in [4.69, 9.17) is 5.11 Å². The van der Waals surface area contributed by atoms with Gasteiger partial charge in [0.15, 0.2) is 0 Å². The van der Waals surface area contributed by atoms with Crippen LogP contribution in [0.25, 0.3) is 0 Å². The maximum atomic E-state index is 10.6. The number of hydroxylamine groups is 1. The van der Waals surface area contributed by atoms with Crippen LogP contribution in [0.3, 0.4) is 0 Å². The summed E-state index contributed by atoms with van der Waals surface area (Å²) >= 11 is 0. The molecule has 1 aliphatic rings. The van der Waals surface area contributed by atoms with Crippen molar-refractivity contribution in [1.29, 1.82) is 0 Å². The predicted molar refractivity (Wildman–Crippen MR) is 34.4 cm³/mol. The third-order valence-corrected chi connectivity index (χ3v) is 1.24. The average molecular weight is 157 g/mol. The highest BCUT2D eigenvalue weighted by Crippen LogP contribution is 2.01. The van der Waals surface area contributed by atoms with E-state index < -0.39 is 11.8 Å². The number of carboxylic acids is 1. The molecule has 0 saturated carbocycles. The molecule has 0 aromatic carbocycles. The molecular formula is C6H7NO4. The predicted octanol–water partition coefficient (Wildman–Crippen LogP) is -0.553. The summed E-state index contributed by atoms with van der Waals surface area (Å²) in [6, 6.07) is -0.307. The summed E-state index contributed by atoms with van der Waals surface area (Å²) in [7, 11) is 0. The van der Waals surface area contributed by atoms with Crippen molar-refractivity contribution in [1.82, 2.24) is 5.48 Å². The zero-order valence-electron chi connectivity index (χ0n) is 5.61. The summed E-state index contributed by atoms with van der Waals surface area (Å²) < 4.78 is 0. The Labute approximate surface area is 62.6 Å². The zero-order valence-corrected chi connectivity index (χ0v) is 5.61. The second-order valence-corrected chi connectivity index (χ2v) is 2.10. The molecule has 0 aromatic rings. The number of nitrogens with one attached hydrogen (secondary N) is 1. The SMILES string of the molecule is O=C(O)C(=O)C[C@H]1C=CON1. The fourth-order valence-corrected chi connectivity index (χ4v) is 0.697. The minimum absolute atomic E-state index is 0.0775. The molecule has 0 saturated heterocycles. The van der Waals surface area contributed by atoms with Gasteiger partial charge in [0.2, 0.25) is 5.78 Å². The van der Waals surface area contributed by atoms with Crippen molar-refractivity contribution >= 4 is 11.8 Å². The van der Waals surface area contributed by atoms with Gasteiger partial charge in [-0.05, 0) is 6.08 Å². The number of carbonyl (C=O) groups excluding carboxylic acids is 1. The number of hydrogen-bond donors (Lipinski definition) is 2. The summed E-state index contributed by atoms with van der Waals surface area (Å²) in [5.41, 5.74) is 2.45. The molecule has 0 radical (unpaired) electrons. The molecule has 1 heterocycles. The van der Waals surface area contributed by atoms with Gasteiger partial charge >= 0.3 is 5.97 Å². The van der Waals surface area contributed by atoms with Crippen molar-refractivity contribution in [3.8, 4) is 0 Å². The van der Waals surface area contributed by atoms with E-state index in [2.05, 4.69) is 10.3 Å². The Hall–Kier alpha value is -1.36. The molecule has 0 aliphatic carbocycles. The van der Waals surface area contributed by atoms with E-state index in [0.717, 1.165) is 0 Å². The maximum absolute atomic E-state index is 10.6. The van der Waals surface area contributed by atoms with E-state index in [1.54, 1.807) is 6.08 Å². The fraction of sp³-hybridized carbons (Fsp3) is 0.333. The molecule has 11 heavy (non-hydrogen) atoms. The maximum Gasteiger partial charge on any atom is 0.372 e. The molecule has 0 bridgehead atoms. The Kier molecular flexibility index (Phi) is 2.22. The number of hydrogen-bond acceptors (Lipinski definition) is 4. The van der Waals surface area contributed by atoms with Crippen LogP contribution in [0.1, 0.15) is 6.42 Å². The first kappa shape index (κ1) is 7.74. The Morgan fingerprint density at radius 2 is 2.36 bits per heavy atom. The molecule has 1 rings (SSSR count). The van der Waals surface area contributed by atoms with E-state index in [-0.39, 0.29) is 12.5 Å². The minimum Gasteiger partial charge on any atom is -0.476 e. The Bertz CT molecular complexity index is 211. The number of rotatable bonds is 3. The van der Waals surface area contributed by atoms with Gasteiger partial charge in [-0.2, -0.15) is 5.48 Å². The summed E-state index contributed by atoms with van der Waals surface area (Å²) in [6.07, 6.45) is 2.88. The second kappa shape index (κ2) is 3.16. The van der Waals surface area contributed by atoms with E-state index in [0.29, 0.717) is 0 Å². The van der Waals surface area contributed by atoms with Crippen LogP contribution in [0.15, 0.2) is 12.3 Å². The molecule has 1 atom stereocenters. The first-order valence-electron chi connectivity index (χ1n) is 3.04. The molecule has 0 spiro atoms. The van der Waals surface area contributed by atoms with Crippen molar-refractivity contribution in [2.75, 3.05) is 0 Å². The number of ketones is 1. The molecule has 5 nitrogen and oxygen atoms in total. The van der Waals surface area contributed by atoms with Crippen LogP contribution in [0.5, 0.6) is 0 Å². The third kappa shape index (κ3) is 2.05. The van der Waals surface area contributed by atoms with Crippen molar-refractivity contribution in [2.45, 2.75) is 12.5 Å². The van der Waals surface area contributed by atoms with Crippen molar-refractivity contribution < 1.29 is 19.5 Å². The van der Waals surface area contributed by atoms with Crippen LogP contribution < -0.4 is 5.48 Å². The topological polar surface area (TPSA) is 75.6 Å². The second-order valence-electron chi connectivity index (χ2n) is 2.10. The number of carboxylic acid groups (broad SMARTS) is 1.